The number of anilines is 1. The third kappa shape index (κ3) is 3.00. The molecule has 2 saturated heterocycles. The van der Waals surface area contributed by atoms with Gasteiger partial charge >= 0.3 is 0 Å². The molecule has 0 saturated carbocycles. The van der Waals surface area contributed by atoms with Gasteiger partial charge in [0.05, 0.1) is 24.8 Å². The average molecular weight is 407 g/mol. The number of aromatic nitrogens is 5. The van der Waals surface area contributed by atoms with Crippen molar-refractivity contribution in [3.8, 4) is 0 Å². The van der Waals surface area contributed by atoms with Gasteiger partial charge in [0.25, 0.3) is 5.56 Å². The molecule has 0 aromatic carbocycles. The molecule has 9 nitrogen and oxygen atoms in total. The van der Waals surface area contributed by atoms with Gasteiger partial charge < -0.3 is 14.2 Å². The van der Waals surface area contributed by atoms with Crippen LogP contribution in [0.5, 0.6) is 0 Å². The van der Waals surface area contributed by atoms with Crippen LogP contribution in [0, 0.1) is 5.92 Å². The molecule has 2 bridgehead atoms. The predicted octanol–water partition coefficient (Wildman–Crippen LogP) is 0.970. The number of piperidine rings is 1. The van der Waals surface area contributed by atoms with Crippen LogP contribution in [-0.2, 0) is 17.8 Å². The van der Waals surface area contributed by atoms with Crippen LogP contribution in [0.2, 0.25) is 0 Å². The fourth-order valence-corrected chi connectivity index (χ4v) is 5.29. The van der Waals surface area contributed by atoms with Crippen LogP contribution in [0.3, 0.4) is 0 Å². The molecule has 6 heterocycles. The minimum atomic E-state index is 0.182. The molecular formula is C21H25N7O2. The third-order valence-corrected chi connectivity index (χ3v) is 6.71. The summed E-state index contributed by atoms with van der Waals surface area (Å²) >= 11 is 0. The third-order valence-electron chi connectivity index (χ3n) is 6.71. The fraction of sp³-hybridized carbons (Fsp3) is 0.524. The molecule has 3 aliphatic heterocycles. The van der Waals surface area contributed by atoms with Gasteiger partial charge in [-0.2, -0.15) is 5.10 Å². The van der Waals surface area contributed by atoms with E-state index in [1.54, 1.807) is 12.5 Å². The van der Waals surface area contributed by atoms with Crippen molar-refractivity contribution in [2.75, 3.05) is 44.3 Å². The van der Waals surface area contributed by atoms with Gasteiger partial charge in [-0.3, -0.25) is 14.8 Å². The van der Waals surface area contributed by atoms with Crippen LogP contribution >= 0.6 is 0 Å². The molecule has 156 valence electrons. The highest BCUT2D eigenvalue weighted by molar-refractivity contribution is 5.86. The normalized spacial score (nSPS) is 24.2. The molecule has 0 radical (unpaired) electrons. The number of ether oxygens (including phenoxy) is 1. The molecule has 0 unspecified atom stereocenters. The van der Waals surface area contributed by atoms with Crippen molar-refractivity contribution >= 4 is 16.9 Å². The number of aromatic amines is 1. The Morgan fingerprint density at radius 3 is 2.93 bits per heavy atom. The zero-order valence-electron chi connectivity index (χ0n) is 16.8. The SMILES string of the molecule is O=c1c(CN2CCOCC2)ccc2n1C[C@H]1C[C@@H]2CN(c2ncnc3[nH]ncc23)C1. The molecule has 1 N–H and O–H groups in total. The van der Waals surface area contributed by atoms with Crippen LogP contribution in [-0.4, -0.2) is 69.0 Å². The molecule has 30 heavy (non-hydrogen) atoms. The Balaban J connectivity index is 1.29. The molecule has 3 aromatic heterocycles. The molecule has 3 aliphatic rings. The number of rotatable bonds is 3. The Hall–Kier alpha value is -2.78. The molecule has 2 fully saturated rings. The van der Waals surface area contributed by atoms with Crippen LogP contribution in [0.1, 0.15) is 23.6 Å². The standard InChI is InChI=1S/C21H25N7O2/c29-21-15(11-26-3-5-30-6-4-26)1-2-18-16-7-14(10-28(18)21)9-27(12-16)20-17-8-24-25-19(17)22-13-23-20/h1-2,8,13-14,16H,3-7,9-12H2,(H,22,23,24,25)/t14-,16+/m0/s1. The number of fused-ring (bicyclic) bond motifs is 5. The second-order valence-electron chi connectivity index (χ2n) is 8.62. The van der Waals surface area contributed by atoms with Crippen molar-refractivity contribution < 1.29 is 4.74 Å². The maximum absolute atomic E-state index is 13.3. The number of H-pyrrole nitrogens is 1. The van der Waals surface area contributed by atoms with Crippen molar-refractivity contribution in [3.63, 3.8) is 0 Å². The van der Waals surface area contributed by atoms with E-state index >= 15 is 0 Å². The summed E-state index contributed by atoms with van der Waals surface area (Å²) in [5.74, 6) is 1.70. The number of nitrogens with zero attached hydrogens (tertiary/aromatic N) is 6. The van der Waals surface area contributed by atoms with Gasteiger partial charge in [-0.25, -0.2) is 9.97 Å². The maximum Gasteiger partial charge on any atom is 0.255 e. The van der Waals surface area contributed by atoms with Crippen molar-refractivity contribution in [3.05, 3.63) is 46.3 Å². The first kappa shape index (κ1) is 18.0. The van der Waals surface area contributed by atoms with E-state index in [2.05, 4.69) is 36.0 Å². The second kappa shape index (κ2) is 7.17. The Bertz CT molecular complexity index is 1130. The molecule has 0 aliphatic carbocycles. The first-order chi connectivity index (χ1) is 14.8. The number of pyridine rings is 1. The molecule has 3 aromatic rings. The van der Waals surface area contributed by atoms with Crippen LogP contribution in [0.4, 0.5) is 5.82 Å². The summed E-state index contributed by atoms with van der Waals surface area (Å²) < 4.78 is 7.47. The lowest BCUT2D eigenvalue weighted by Crippen LogP contribution is -2.48. The number of hydrogen-bond donors (Lipinski definition) is 1. The predicted molar refractivity (Wildman–Crippen MR) is 112 cm³/mol. The summed E-state index contributed by atoms with van der Waals surface area (Å²) in [6, 6.07) is 4.22. The molecule has 6 rings (SSSR count). The van der Waals surface area contributed by atoms with Crippen molar-refractivity contribution in [2.24, 2.45) is 5.92 Å². The van der Waals surface area contributed by atoms with Gasteiger partial charge in [0.2, 0.25) is 0 Å². The monoisotopic (exact) mass is 407 g/mol. The molecule has 0 amide bonds. The van der Waals surface area contributed by atoms with Crippen LogP contribution in [0.25, 0.3) is 11.0 Å². The molecular weight excluding hydrogens is 382 g/mol. The van der Waals surface area contributed by atoms with Gasteiger partial charge in [0.1, 0.15) is 12.1 Å². The maximum atomic E-state index is 13.3. The van der Waals surface area contributed by atoms with E-state index in [1.165, 1.54) is 0 Å². The summed E-state index contributed by atoms with van der Waals surface area (Å²) in [5.41, 5.74) is 3.00. The Labute approximate surface area is 173 Å². The topological polar surface area (TPSA) is 92.2 Å². The lowest BCUT2D eigenvalue weighted by molar-refractivity contribution is 0.0339. The van der Waals surface area contributed by atoms with E-state index in [0.717, 1.165) is 80.5 Å². The van der Waals surface area contributed by atoms with E-state index in [1.807, 2.05) is 10.6 Å². The molecule has 0 spiro atoms. The zero-order chi connectivity index (χ0) is 20.1. The second-order valence-corrected chi connectivity index (χ2v) is 8.62. The smallest absolute Gasteiger partial charge is 0.255 e. The first-order valence-electron chi connectivity index (χ1n) is 10.7. The van der Waals surface area contributed by atoms with Gasteiger partial charge in [-0.05, 0) is 18.4 Å². The van der Waals surface area contributed by atoms with Crippen molar-refractivity contribution in [2.45, 2.75) is 25.4 Å². The zero-order valence-corrected chi connectivity index (χ0v) is 16.8. The first-order valence-corrected chi connectivity index (χ1v) is 10.7. The Morgan fingerprint density at radius 1 is 1.13 bits per heavy atom. The van der Waals surface area contributed by atoms with Gasteiger partial charge in [-0.1, -0.05) is 6.07 Å². The van der Waals surface area contributed by atoms with Crippen molar-refractivity contribution in [1.29, 1.82) is 0 Å². The van der Waals surface area contributed by atoms with E-state index in [-0.39, 0.29) is 5.56 Å². The minimum absolute atomic E-state index is 0.182. The lowest BCUT2D eigenvalue weighted by atomic mass is 9.83. The molecule has 2 atom stereocenters. The summed E-state index contributed by atoms with van der Waals surface area (Å²) in [7, 11) is 0. The molecule has 9 heteroatoms. The number of morpholine rings is 1. The van der Waals surface area contributed by atoms with Gasteiger partial charge in [0.15, 0.2) is 5.65 Å². The van der Waals surface area contributed by atoms with Gasteiger partial charge in [-0.15, -0.1) is 0 Å². The van der Waals surface area contributed by atoms with Crippen LogP contribution < -0.4 is 10.5 Å². The Morgan fingerprint density at radius 2 is 2.03 bits per heavy atom. The summed E-state index contributed by atoms with van der Waals surface area (Å²) in [5, 5.41) is 8.00. The lowest BCUT2D eigenvalue weighted by Gasteiger charge is -2.43. The highest BCUT2D eigenvalue weighted by Crippen LogP contribution is 2.37. The highest BCUT2D eigenvalue weighted by Gasteiger charge is 2.36. The fourth-order valence-electron chi connectivity index (χ4n) is 5.29. The number of hydrogen-bond acceptors (Lipinski definition) is 7. The highest BCUT2D eigenvalue weighted by atomic mass is 16.5. The van der Waals surface area contributed by atoms with Crippen LogP contribution in [0.15, 0.2) is 29.5 Å². The van der Waals surface area contributed by atoms with E-state index in [4.69, 9.17) is 4.74 Å². The summed E-state index contributed by atoms with van der Waals surface area (Å²) in [6.45, 7) is 6.52. The summed E-state index contributed by atoms with van der Waals surface area (Å²) in [6.07, 6.45) is 4.51. The summed E-state index contributed by atoms with van der Waals surface area (Å²) in [4.78, 5) is 26.7. The van der Waals surface area contributed by atoms with E-state index in [0.29, 0.717) is 18.4 Å². The largest absolute Gasteiger partial charge is 0.379 e. The van der Waals surface area contributed by atoms with E-state index in [9.17, 15) is 4.79 Å². The quantitative estimate of drug-likeness (QED) is 0.692. The van der Waals surface area contributed by atoms with E-state index < -0.39 is 0 Å². The van der Waals surface area contributed by atoms with Gasteiger partial charge in [0, 0.05) is 56.4 Å². The number of nitrogens with one attached hydrogen (secondary N) is 1. The minimum Gasteiger partial charge on any atom is -0.379 e. The van der Waals surface area contributed by atoms with Crippen molar-refractivity contribution in [1.82, 2.24) is 29.6 Å². The average Bonchev–Trinajstić information content (AvgIpc) is 3.26. The Kier molecular flexibility index (Phi) is 4.31.